The molecule has 0 spiro atoms. The van der Waals surface area contributed by atoms with Crippen LogP contribution in [-0.2, 0) is 11.2 Å². The number of nitrogens with one attached hydrogen (secondary N) is 1. The zero-order valence-corrected chi connectivity index (χ0v) is 15.1. The van der Waals surface area contributed by atoms with Crippen LogP contribution in [0.25, 0.3) is 0 Å². The van der Waals surface area contributed by atoms with Gasteiger partial charge in [0.05, 0.1) is 7.11 Å². The molecule has 2 amide bonds. The first-order valence-corrected chi connectivity index (χ1v) is 8.78. The lowest BCUT2D eigenvalue weighted by molar-refractivity contribution is -0.123. The van der Waals surface area contributed by atoms with Crippen LogP contribution >= 0.6 is 0 Å². The number of H-pyrrole nitrogens is 1. The Morgan fingerprint density at radius 1 is 1.26 bits per heavy atom. The van der Waals surface area contributed by atoms with E-state index >= 15 is 0 Å². The highest BCUT2D eigenvalue weighted by Gasteiger charge is 2.27. The van der Waals surface area contributed by atoms with Crippen molar-refractivity contribution in [3.8, 4) is 5.75 Å². The molecule has 8 heteroatoms. The van der Waals surface area contributed by atoms with E-state index in [1.165, 1.54) is 6.07 Å². The van der Waals surface area contributed by atoms with E-state index < -0.39 is 0 Å². The third-order valence-corrected chi connectivity index (χ3v) is 4.72. The van der Waals surface area contributed by atoms with Gasteiger partial charge in [-0.05, 0) is 30.5 Å². The number of piperidine rings is 1. The van der Waals surface area contributed by atoms with E-state index in [0.717, 1.165) is 11.3 Å². The summed E-state index contributed by atoms with van der Waals surface area (Å²) in [5, 5.41) is 0. The number of carbonyl (C=O) groups excluding carboxylic acids is 2. The van der Waals surface area contributed by atoms with E-state index in [4.69, 9.17) is 10.5 Å². The van der Waals surface area contributed by atoms with Crippen LogP contribution in [0.4, 0.5) is 0 Å². The number of hydrogen-bond donors (Lipinski definition) is 2. The highest BCUT2D eigenvalue weighted by molar-refractivity contribution is 5.92. The maximum Gasteiger partial charge on any atom is 0.272 e. The summed E-state index contributed by atoms with van der Waals surface area (Å²) < 4.78 is 5.13. The molecule has 0 radical (unpaired) electrons. The Morgan fingerprint density at radius 3 is 2.52 bits per heavy atom. The number of amides is 2. The second-order valence-electron chi connectivity index (χ2n) is 6.57. The number of hydrogen-bond acceptors (Lipinski definition) is 5. The second-order valence-corrected chi connectivity index (χ2v) is 6.57. The van der Waals surface area contributed by atoms with Gasteiger partial charge in [0, 0.05) is 31.5 Å². The van der Waals surface area contributed by atoms with Crippen molar-refractivity contribution < 1.29 is 14.3 Å². The molecule has 1 aliphatic heterocycles. The van der Waals surface area contributed by atoms with Gasteiger partial charge in [0.1, 0.15) is 17.3 Å². The molecule has 0 bridgehead atoms. The van der Waals surface area contributed by atoms with Crippen LogP contribution in [0.5, 0.6) is 5.75 Å². The summed E-state index contributed by atoms with van der Waals surface area (Å²) in [5.74, 6) is 0.316. The van der Waals surface area contributed by atoms with Crippen molar-refractivity contribution in [1.82, 2.24) is 14.9 Å². The van der Waals surface area contributed by atoms with Crippen molar-refractivity contribution >= 4 is 11.8 Å². The molecule has 142 valence electrons. The summed E-state index contributed by atoms with van der Waals surface area (Å²) in [6.07, 6.45) is 1.45. The number of carbonyl (C=O) groups is 2. The molecule has 0 aliphatic carbocycles. The first-order valence-electron chi connectivity index (χ1n) is 8.78. The van der Waals surface area contributed by atoms with Crippen LogP contribution in [0.3, 0.4) is 0 Å². The SMILES string of the molecule is COc1ccc(Cc2nc(C(=O)N3CCC(C(N)=O)CC3)cc(=O)[nH]2)cc1. The first-order chi connectivity index (χ1) is 13.0. The number of aromatic amines is 1. The molecule has 0 saturated carbocycles. The Morgan fingerprint density at radius 2 is 1.93 bits per heavy atom. The lowest BCUT2D eigenvalue weighted by Crippen LogP contribution is -2.42. The van der Waals surface area contributed by atoms with Gasteiger partial charge in [0.2, 0.25) is 5.91 Å². The van der Waals surface area contributed by atoms with Crippen LogP contribution in [0.15, 0.2) is 35.1 Å². The first kappa shape index (κ1) is 18.6. The third-order valence-electron chi connectivity index (χ3n) is 4.72. The van der Waals surface area contributed by atoms with Crippen molar-refractivity contribution in [1.29, 1.82) is 0 Å². The van der Waals surface area contributed by atoms with Gasteiger partial charge in [0.15, 0.2) is 0 Å². The van der Waals surface area contributed by atoms with Crippen molar-refractivity contribution in [2.45, 2.75) is 19.3 Å². The predicted molar refractivity (Wildman–Crippen MR) is 98.5 cm³/mol. The van der Waals surface area contributed by atoms with E-state index in [-0.39, 0.29) is 29.0 Å². The van der Waals surface area contributed by atoms with E-state index in [2.05, 4.69) is 9.97 Å². The molecule has 2 heterocycles. The predicted octanol–water partition coefficient (Wildman–Crippen LogP) is 0.707. The van der Waals surface area contributed by atoms with E-state index in [0.29, 0.717) is 38.2 Å². The Kier molecular flexibility index (Phi) is 5.54. The summed E-state index contributed by atoms with van der Waals surface area (Å²) >= 11 is 0. The van der Waals surface area contributed by atoms with Gasteiger partial charge >= 0.3 is 0 Å². The lowest BCUT2D eigenvalue weighted by Gasteiger charge is -2.30. The second kappa shape index (κ2) is 8.03. The van der Waals surface area contributed by atoms with Crippen LogP contribution < -0.4 is 16.0 Å². The molecular weight excluding hydrogens is 348 g/mol. The number of primary amides is 1. The fraction of sp³-hybridized carbons (Fsp3) is 0.368. The lowest BCUT2D eigenvalue weighted by atomic mass is 9.96. The third kappa shape index (κ3) is 4.52. The summed E-state index contributed by atoms with van der Waals surface area (Å²) in [5.41, 5.74) is 6.00. The van der Waals surface area contributed by atoms with E-state index in [9.17, 15) is 14.4 Å². The van der Waals surface area contributed by atoms with Gasteiger partial charge in [-0.25, -0.2) is 4.98 Å². The molecule has 3 rings (SSSR count). The minimum atomic E-state index is -0.371. The van der Waals surface area contributed by atoms with Gasteiger partial charge in [-0.1, -0.05) is 12.1 Å². The zero-order chi connectivity index (χ0) is 19.4. The Bertz CT molecular complexity index is 883. The minimum absolute atomic E-state index is 0.111. The number of benzene rings is 1. The van der Waals surface area contributed by atoms with Gasteiger partial charge in [-0.2, -0.15) is 0 Å². The number of aromatic nitrogens is 2. The summed E-state index contributed by atoms with van der Waals surface area (Å²) in [6, 6.07) is 8.61. The molecule has 2 aromatic rings. The Balaban J connectivity index is 1.73. The standard InChI is InChI=1S/C19H22N4O4/c1-27-14-4-2-12(3-5-14)10-16-21-15(11-17(24)22-16)19(26)23-8-6-13(7-9-23)18(20)25/h2-5,11,13H,6-10H2,1H3,(H2,20,25)(H,21,22,24). The van der Waals surface area contributed by atoms with Gasteiger partial charge in [-0.15, -0.1) is 0 Å². The molecule has 3 N–H and O–H groups in total. The largest absolute Gasteiger partial charge is 0.497 e. The molecule has 1 aliphatic rings. The molecule has 27 heavy (non-hydrogen) atoms. The molecular formula is C19H22N4O4. The maximum atomic E-state index is 12.7. The fourth-order valence-electron chi connectivity index (χ4n) is 3.17. The van der Waals surface area contributed by atoms with Gasteiger partial charge in [0.25, 0.3) is 11.5 Å². The highest BCUT2D eigenvalue weighted by atomic mass is 16.5. The average molecular weight is 370 g/mol. The van der Waals surface area contributed by atoms with Crippen LogP contribution in [0.1, 0.15) is 34.7 Å². The summed E-state index contributed by atoms with van der Waals surface area (Å²) in [6.45, 7) is 0.851. The molecule has 8 nitrogen and oxygen atoms in total. The fourth-order valence-corrected chi connectivity index (χ4v) is 3.17. The zero-order valence-electron chi connectivity index (χ0n) is 15.1. The quantitative estimate of drug-likeness (QED) is 0.803. The van der Waals surface area contributed by atoms with Crippen molar-refractivity contribution in [3.05, 3.63) is 57.8 Å². The molecule has 1 aromatic heterocycles. The smallest absolute Gasteiger partial charge is 0.272 e. The highest BCUT2D eigenvalue weighted by Crippen LogP contribution is 2.18. The summed E-state index contributed by atoms with van der Waals surface area (Å²) in [4.78, 5) is 44.5. The molecule has 0 atom stereocenters. The van der Waals surface area contributed by atoms with Gasteiger partial charge in [-0.3, -0.25) is 14.4 Å². The minimum Gasteiger partial charge on any atom is -0.497 e. The summed E-state index contributed by atoms with van der Waals surface area (Å²) in [7, 11) is 1.59. The topological polar surface area (TPSA) is 118 Å². The molecule has 1 aromatic carbocycles. The molecule has 0 unspecified atom stereocenters. The van der Waals surface area contributed by atoms with Crippen molar-refractivity contribution in [2.75, 3.05) is 20.2 Å². The van der Waals surface area contributed by atoms with Crippen LogP contribution in [-0.4, -0.2) is 46.9 Å². The van der Waals surface area contributed by atoms with Gasteiger partial charge < -0.3 is 20.4 Å². The van der Waals surface area contributed by atoms with Crippen LogP contribution in [0.2, 0.25) is 0 Å². The maximum absolute atomic E-state index is 12.7. The number of rotatable bonds is 5. The number of ether oxygens (including phenoxy) is 1. The number of nitrogens with zero attached hydrogens (tertiary/aromatic N) is 2. The number of likely N-dealkylation sites (tertiary alicyclic amines) is 1. The molecule has 1 saturated heterocycles. The monoisotopic (exact) mass is 370 g/mol. The number of nitrogens with two attached hydrogens (primary N) is 1. The Labute approximate surface area is 156 Å². The van der Waals surface area contributed by atoms with E-state index in [1.54, 1.807) is 12.0 Å². The van der Waals surface area contributed by atoms with Crippen molar-refractivity contribution in [3.63, 3.8) is 0 Å². The normalized spacial score (nSPS) is 14.8. The van der Waals surface area contributed by atoms with E-state index in [1.807, 2.05) is 24.3 Å². The van der Waals surface area contributed by atoms with Crippen molar-refractivity contribution in [2.24, 2.45) is 11.7 Å². The Hall–Kier alpha value is -3.16. The average Bonchev–Trinajstić information content (AvgIpc) is 2.67. The number of methoxy groups -OCH3 is 1. The van der Waals surface area contributed by atoms with Crippen LogP contribution in [0, 0.1) is 5.92 Å². The molecule has 1 fully saturated rings.